The predicted octanol–water partition coefficient (Wildman–Crippen LogP) is -0.170. The Balaban J connectivity index is 2.09. The molecule has 0 aromatic carbocycles. The number of piperazine rings is 1. The molecule has 5 heteroatoms. The van der Waals surface area contributed by atoms with E-state index in [0.29, 0.717) is 5.82 Å². The van der Waals surface area contributed by atoms with Crippen LogP contribution < -0.4 is 5.32 Å². The van der Waals surface area contributed by atoms with E-state index in [0.717, 1.165) is 31.7 Å². The van der Waals surface area contributed by atoms with Gasteiger partial charge in [0.1, 0.15) is 0 Å². The zero-order valence-electron chi connectivity index (χ0n) is 8.73. The van der Waals surface area contributed by atoms with E-state index in [4.69, 9.17) is 0 Å². The summed E-state index contributed by atoms with van der Waals surface area (Å²) in [7, 11) is 0. The van der Waals surface area contributed by atoms with Crippen LogP contribution in [0.2, 0.25) is 0 Å². The second-order valence-corrected chi connectivity index (χ2v) is 3.63. The molecule has 0 bridgehead atoms. The van der Waals surface area contributed by atoms with Crippen molar-refractivity contribution in [3.8, 4) is 0 Å². The van der Waals surface area contributed by atoms with Crippen molar-refractivity contribution in [2.75, 3.05) is 26.2 Å². The van der Waals surface area contributed by atoms with Gasteiger partial charge >= 0.3 is 0 Å². The van der Waals surface area contributed by atoms with Gasteiger partial charge in [0.15, 0.2) is 0 Å². The highest BCUT2D eigenvalue weighted by molar-refractivity contribution is 5.90. The van der Waals surface area contributed by atoms with Gasteiger partial charge in [-0.05, 0) is 12.5 Å². The Kier molecular flexibility index (Phi) is 2.91. The van der Waals surface area contributed by atoms with Gasteiger partial charge in [0, 0.05) is 38.6 Å². The maximum absolute atomic E-state index is 11.9. The number of aryl methyl sites for hydroxylation is 1. The Bertz CT molecular complexity index is 343. The van der Waals surface area contributed by atoms with Crippen LogP contribution in [0.15, 0.2) is 12.4 Å². The zero-order chi connectivity index (χ0) is 10.7. The van der Waals surface area contributed by atoms with Crippen LogP contribution in [0, 0.1) is 6.92 Å². The van der Waals surface area contributed by atoms with Crippen LogP contribution in [-0.4, -0.2) is 47.0 Å². The van der Waals surface area contributed by atoms with Crippen LogP contribution in [0.3, 0.4) is 0 Å². The van der Waals surface area contributed by atoms with Crippen molar-refractivity contribution in [1.29, 1.82) is 0 Å². The second-order valence-electron chi connectivity index (χ2n) is 3.63. The molecule has 0 aliphatic carbocycles. The first-order valence-corrected chi connectivity index (χ1v) is 5.06. The number of nitrogens with zero attached hydrogens (tertiary/aromatic N) is 3. The summed E-state index contributed by atoms with van der Waals surface area (Å²) in [4.78, 5) is 21.7. The summed E-state index contributed by atoms with van der Waals surface area (Å²) in [6, 6.07) is 0. The first-order chi connectivity index (χ1) is 7.27. The minimum atomic E-state index is -0.0727. The Morgan fingerprint density at radius 3 is 2.53 bits per heavy atom. The van der Waals surface area contributed by atoms with Gasteiger partial charge in [0.05, 0.1) is 0 Å². The van der Waals surface area contributed by atoms with E-state index in [1.165, 1.54) is 0 Å². The first kappa shape index (κ1) is 10.0. The van der Waals surface area contributed by atoms with E-state index in [1.807, 2.05) is 6.92 Å². The molecule has 1 amide bonds. The molecule has 2 heterocycles. The fourth-order valence-corrected chi connectivity index (χ4v) is 1.51. The van der Waals surface area contributed by atoms with Gasteiger partial charge in [-0.15, -0.1) is 0 Å². The van der Waals surface area contributed by atoms with Crippen molar-refractivity contribution in [3.63, 3.8) is 0 Å². The average Bonchev–Trinajstić information content (AvgIpc) is 2.30. The highest BCUT2D eigenvalue weighted by Crippen LogP contribution is 2.01. The number of nitrogens with one attached hydrogen (secondary N) is 1. The number of aromatic nitrogens is 2. The van der Waals surface area contributed by atoms with E-state index < -0.39 is 0 Å². The average molecular weight is 206 g/mol. The van der Waals surface area contributed by atoms with Crippen LogP contribution in [0.25, 0.3) is 0 Å². The fourth-order valence-electron chi connectivity index (χ4n) is 1.51. The van der Waals surface area contributed by atoms with Crippen LogP contribution in [0.5, 0.6) is 0 Å². The highest BCUT2D eigenvalue weighted by Gasteiger charge is 2.19. The number of hydrogen-bond donors (Lipinski definition) is 1. The predicted molar refractivity (Wildman–Crippen MR) is 55.5 cm³/mol. The molecule has 1 aromatic rings. The number of rotatable bonds is 1. The smallest absolute Gasteiger partial charge is 0.291 e. The van der Waals surface area contributed by atoms with Crippen LogP contribution in [0.1, 0.15) is 16.2 Å². The third-order valence-electron chi connectivity index (χ3n) is 2.38. The van der Waals surface area contributed by atoms with E-state index in [9.17, 15) is 4.79 Å². The quantitative estimate of drug-likeness (QED) is 0.693. The summed E-state index contributed by atoms with van der Waals surface area (Å²) in [5.74, 6) is 0.221. The zero-order valence-corrected chi connectivity index (χ0v) is 8.73. The topological polar surface area (TPSA) is 58.1 Å². The van der Waals surface area contributed by atoms with Crippen molar-refractivity contribution >= 4 is 5.91 Å². The molecule has 1 fully saturated rings. The van der Waals surface area contributed by atoms with Gasteiger partial charge in [-0.3, -0.25) is 4.79 Å². The van der Waals surface area contributed by atoms with Gasteiger partial charge in [0.25, 0.3) is 5.91 Å². The largest absolute Gasteiger partial charge is 0.333 e. The molecule has 2 rings (SSSR count). The number of amides is 1. The fraction of sp³-hybridized carbons (Fsp3) is 0.500. The summed E-state index contributed by atoms with van der Waals surface area (Å²) in [6.07, 6.45) is 3.34. The molecule has 1 saturated heterocycles. The summed E-state index contributed by atoms with van der Waals surface area (Å²) < 4.78 is 0. The lowest BCUT2D eigenvalue weighted by atomic mass is 10.3. The number of hydrogen-bond acceptors (Lipinski definition) is 4. The molecule has 0 radical (unpaired) electrons. The normalized spacial score (nSPS) is 16.5. The van der Waals surface area contributed by atoms with Gasteiger partial charge in [-0.1, -0.05) is 0 Å². The lowest BCUT2D eigenvalue weighted by molar-refractivity contribution is 0.0723. The molecular formula is C10H14N4O. The van der Waals surface area contributed by atoms with Gasteiger partial charge < -0.3 is 10.2 Å². The molecule has 1 N–H and O–H groups in total. The third-order valence-corrected chi connectivity index (χ3v) is 2.38. The summed E-state index contributed by atoms with van der Waals surface area (Å²) >= 11 is 0. The van der Waals surface area contributed by atoms with Crippen LogP contribution >= 0.6 is 0 Å². The van der Waals surface area contributed by atoms with Crippen molar-refractivity contribution in [1.82, 2.24) is 20.2 Å². The maximum Gasteiger partial charge on any atom is 0.291 e. The lowest BCUT2D eigenvalue weighted by Gasteiger charge is -2.26. The highest BCUT2D eigenvalue weighted by atomic mass is 16.2. The van der Waals surface area contributed by atoms with Gasteiger partial charge in [-0.2, -0.15) is 0 Å². The SMILES string of the molecule is Cc1cnc(C(=O)N2CCNCC2)nc1. The minimum absolute atomic E-state index is 0.0727. The van der Waals surface area contributed by atoms with Crippen LogP contribution in [-0.2, 0) is 0 Å². The number of carbonyl (C=O) groups is 1. The van der Waals surface area contributed by atoms with E-state index >= 15 is 0 Å². The van der Waals surface area contributed by atoms with Gasteiger partial charge in [-0.25, -0.2) is 9.97 Å². The summed E-state index contributed by atoms with van der Waals surface area (Å²) in [5.41, 5.74) is 0.965. The molecule has 80 valence electrons. The Morgan fingerprint density at radius 2 is 1.93 bits per heavy atom. The van der Waals surface area contributed by atoms with Crippen molar-refractivity contribution in [2.24, 2.45) is 0 Å². The summed E-state index contributed by atoms with van der Waals surface area (Å²) in [5, 5.41) is 3.20. The minimum Gasteiger partial charge on any atom is -0.333 e. The maximum atomic E-state index is 11.9. The number of carbonyl (C=O) groups excluding carboxylic acids is 1. The molecule has 1 aromatic heterocycles. The van der Waals surface area contributed by atoms with Crippen molar-refractivity contribution in [2.45, 2.75) is 6.92 Å². The Morgan fingerprint density at radius 1 is 1.33 bits per heavy atom. The lowest BCUT2D eigenvalue weighted by Crippen LogP contribution is -2.46. The molecule has 1 aliphatic rings. The molecule has 5 nitrogen and oxygen atoms in total. The van der Waals surface area contributed by atoms with Gasteiger partial charge in [0.2, 0.25) is 5.82 Å². The van der Waals surface area contributed by atoms with E-state index in [1.54, 1.807) is 17.3 Å². The van der Waals surface area contributed by atoms with Crippen LogP contribution in [0.4, 0.5) is 0 Å². The van der Waals surface area contributed by atoms with Crippen molar-refractivity contribution < 1.29 is 4.79 Å². The standard InChI is InChI=1S/C10H14N4O/c1-8-6-12-9(13-7-8)10(15)14-4-2-11-3-5-14/h6-7,11H,2-5H2,1H3. The monoisotopic (exact) mass is 206 g/mol. The van der Waals surface area contributed by atoms with E-state index in [-0.39, 0.29) is 5.91 Å². The van der Waals surface area contributed by atoms with E-state index in [2.05, 4.69) is 15.3 Å². The second kappa shape index (κ2) is 4.35. The molecule has 0 atom stereocenters. The molecule has 15 heavy (non-hydrogen) atoms. The molecule has 0 saturated carbocycles. The third kappa shape index (κ3) is 2.30. The Hall–Kier alpha value is -1.49. The molecule has 0 unspecified atom stereocenters. The first-order valence-electron chi connectivity index (χ1n) is 5.06. The summed E-state index contributed by atoms with van der Waals surface area (Å²) in [6.45, 7) is 5.06. The molecular weight excluding hydrogens is 192 g/mol. The van der Waals surface area contributed by atoms with Crippen molar-refractivity contribution in [3.05, 3.63) is 23.8 Å². The Labute approximate surface area is 88.5 Å². The molecule has 0 spiro atoms. The molecule has 1 aliphatic heterocycles.